The van der Waals surface area contributed by atoms with Gasteiger partial charge in [0.05, 0.1) is 19.3 Å². The van der Waals surface area contributed by atoms with Gasteiger partial charge < -0.3 is 14.8 Å². The van der Waals surface area contributed by atoms with Crippen molar-refractivity contribution in [1.82, 2.24) is 5.32 Å². The molecular weight excluding hydrogens is 322 g/mol. The van der Waals surface area contributed by atoms with Gasteiger partial charge in [-0.15, -0.1) is 11.8 Å². The summed E-state index contributed by atoms with van der Waals surface area (Å²) >= 11 is 7.88. The number of hydrogen-bond acceptors (Lipinski definition) is 4. The topological polar surface area (TPSA) is 47.6 Å². The van der Waals surface area contributed by atoms with Crippen molar-refractivity contribution in [3.05, 3.63) is 28.8 Å². The summed E-state index contributed by atoms with van der Waals surface area (Å²) in [5.74, 6) is 0.887. The Labute approximate surface area is 140 Å². The first-order valence-electron chi connectivity index (χ1n) is 7.53. The molecule has 0 unspecified atom stereocenters. The van der Waals surface area contributed by atoms with Gasteiger partial charge in [0.1, 0.15) is 6.10 Å². The molecule has 2 rings (SSSR count). The van der Waals surface area contributed by atoms with Gasteiger partial charge in [0.2, 0.25) is 5.91 Å². The molecule has 1 aromatic rings. The number of fused-ring (bicyclic) bond motifs is 1. The molecule has 1 aromatic carbocycles. The molecule has 2 atom stereocenters. The van der Waals surface area contributed by atoms with Gasteiger partial charge in [0, 0.05) is 22.3 Å². The molecule has 4 nitrogen and oxygen atoms in total. The van der Waals surface area contributed by atoms with E-state index in [0.29, 0.717) is 24.8 Å². The zero-order chi connectivity index (χ0) is 15.9. The normalized spacial score (nSPS) is 18.6. The van der Waals surface area contributed by atoms with Crippen LogP contribution in [0.5, 0.6) is 0 Å². The highest BCUT2D eigenvalue weighted by molar-refractivity contribution is 7.99. The number of halogens is 1. The van der Waals surface area contributed by atoms with E-state index in [-0.39, 0.29) is 11.9 Å². The smallest absolute Gasteiger partial charge is 0.249 e. The van der Waals surface area contributed by atoms with E-state index < -0.39 is 6.10 Å². The monoisotopic (exact) mass is 343 g/mol. The quantitative estimate of drug-likeness (QED) is 0.770. The Morgan fingerprint density at radius 1 is 1.50 bits per heavy atom. The first-order valence-corrected chi connectivity index (χ1v) is 8.90. The molecule has 0 fully saturated rings. The van der Waals surface area contributed by atoms with Gasteiger partial charge in [-0.25, -0.2) is 0 Å². The molecule has 1 amide bonds. The molecule has 1 heterocycles. The van der Waals surface area contributed by atoms with E-state index in [1.165, 1.54) is 4.90 Å². The first kappa shape index (κ1) is 17.6. The van der Waals surface area contributed by atoms with E-state index >= 15 is 0 Å². The largest absolute Gasteiger partial charge is 0.379 e. The number of hydrogen-bond donors (Lipinski definition) is 1. The number of benzene rings is 1. The molecule has 1 N–H and O–H groups in total. The summed E-state index contributed by atoms with van der Waals surface area (Å²) in [7, 11) is 0. The van der Waals surface area contributed by atoms with Gasteiger partial charge in [-0.1, -0.05) is 11.6 Å². The van der Waals surface area contributed by atoms with Crippen LogP contribution in [0.3, 0.4) is 0 Å². The summed E-state index contributed by atoms with van der Waals surface area (Å²) in [6.45, 7) is 5.27. The Hall–Kier alpha value is -0.750. The summed E-state index contributed by atoms with van der Waals surface area (Å²) in [5.41, 5.74) is 1.10. The van der Waals surface area contributed by atoms with Crippen LogP contribution < -0.4 is 5.32 Å². The van der Waals surface area contributed by atoms with Crippen LogP contribution in [0.25, 0.3) is 0 Å². The second-order valence-electron chi connectivity index (χ2n) is 5.09. The lowest BCUT2D eigenvalue weighted by Gasteiger charge is -2.27. The SMILES string of the molecule is CCOCCO[C@H](C)C(=O)N[C@H]1CCSc2ccc(Cl)cc21. The molecule has 0 saturated heterocycles. The van der Waals surface area contributed by atoms with Crippen molar-refractivity contribution in [2.45, 2.75) is 37.3 Å². The molecule has 6 heteroatoms. The maximum Gasteiger partial charge on any atom is 0.249 e. The van der Waals surface area contributed by atoms with E-state index in [2.05, 4.69) is 5.32 Å². The fraction of sp³-hybridized carbons (Fsp3) is 0.562. The molecule has 1 aliphatic rings. The fourth-order valence-corrected chi connectivity index (χ4v) is 3.59. The van der Waals surface area contributed by atoms with Crippen LogP contribution >= 0.6 is 23.4 Å². The third-order valence-electron chi connectivity index (χ3n) is 3.50. The zero-order valence-electron chi connectivity index (χ0n) is 12.9. The number of ether oxygens (including phenoxy) is 2. The molecule has 0 aliphatic carbocycles. The number of amides is 1. The maximum atomic E-state index is 12.3. The van der Waals surface area contributed by atoms with Gasteiger partial charge in [-0.2, -0.15) is 0 Å². The van der Waals surface area contributed by atoms with Crippen LogP contribution in [0.4, 0.5) is 0 Å². The minimum Gasteiger partial charge on any atom is -0.379 e. The summed E-state index contributed by atoms with van der Waals surface area (Å²) in [6.07, 6.45) is 0.410. The van der Waals surface area contributed by atoms with Gasteiger partial charge >= 0.3 is 0 Å². The highest BCUT2D eigenvalue weighted by Gasteiger charge is 2.24. The number of carbonyl (C=O) groups is 1. The minimum atomic E-state index is -0.488. The number of rotatable bonds is 7. The lowest BCUT2D eigenvalue weighted by Crippen LogP contribution is -2.38. The Bertz CT molecular complexity index is 512. The fourth-order valence-electron chi connectivity index (χ4n) is 2.31. The molecule has 22 heavy (non-hydrogen) atoms. The van der Waals surface area contributed by atoms with Crippen LogP contribution in [-0.2, 0) is 14.3 Å². The Morgan fingerprint density at radius 3 is 3.09 bits per heavy atom. The van der Waals surface area contributed by atoms with Crippen LogP contribution in [0.1, 0.15) is 31.9 Å². The van der Waals surface area contributed by atoms with Crippen molar-refractivity contribution >= 4 is 29.3 Å². The van der Waals surface area contributed by atoms with Crippen LogP contribution in [0.2, 0.25) is 5.02 Å². The highest BCUT2D eigenvalue weighted by atomic mass is 35.5. The third kappa shape index (κ3) is 4.88. The number of thioether (sulfide) groups is 1. The van der Waals surface area contributed by atoms with Gasteiger partial charge in [0.15, 0.2) is 0 Å². The van der Waals surface area contributed by atoms with Gasteiger partial charge in [-0.05, 0) is 44.0 Å². The van der Waals surface area contributed by atoms with Crippen molar-refractivity contribution in [2.75, 3.05) is 25.6 Å². The number of carbonyl (C=O) groups excluding carboxylic acids is 1. The van der Waals surface area contributed by atoms with E-state index in [0.717, 1.165) is 17.7 Å². The van der Waals surface area contributed by atoms with E-state index in [1.54, 1.807) is 18.7 Å². The lowest BCUT2D eigenvalue weighted by atomic mass is 10.0. The summed E-state index contributed by atoms with van der Waals surface area (Å²) in [5, 5.41) is 3.76. The van der Waals surface area contributed by atoms with Crippen molar-refractivity contribution in [2.24, 2.45) is 0 Å². The van der Waals surface area contributed by atoms with Crippen molar-refractivity contribution < 1.29 is 14.3 Å². The molecule has 0 aromatic heterocycles. The maximum absolute atomic E-state index is 12.3. The summed E-state index contributed by atoms with van der Waals surface area (Å²) in [6, 6.07) is 5.84. The average molecular weight is 344 g/mol. The van der Waals surface area contributed by atoms with E-state index in [1.807, 2.05) is 25.1 Å². The molecule has 1 aliphatic heterocycles. The Kier molecular flexibility index (Phi) is 7.02. The average Bonchev–Trinajstić information content (AvgIpc) is 2.52. The van der Waals surface area contributed by atoms with Gasteiger partial charge in [-0.3, -0.25) is 4.79 Å². The van der Waals surface area contributed by atoms with Crippen molar-refractivity contribution in [3.63, 3.8) is 0 Å². The first-order chi connectivity index (χ1) is 10.6. The van der Waals surface area contributed by atoms with Crippen molar-refractivity contribution in [3.8, 4) is 0 Å². The van der Waals surface area contributed by atoms with E-state index in [9.17, 15) is 4.79 Å². The summed E-state index contributed by atoms with van der Waals surface area (Å²) in [4.78, 5) is 13.4. The van der Waals surface area contributed by atoms with Crippen molar-refractivity contribution in [1.29, 1.82) is 0 Å². The Morgan fingerprint density at radius 2 is 2.32 bits per heavy atom. The molecule has 122 valence electrons. The lowest BCUT2D eigenvalue weighted by molar-refractivity contribution is -0.133. The summed E-state index contributed by atoms with van der Waals surface area (Å²) < 4.78 is 10.7. The second-order valence-corrected chi connectivity index (χ2v) is 6.66. The predicted octanol–water partition coefficient (Wildman–Crippen LogP) is 3.43. The molecule has 0 radical (unpaired) electrons. The van der Waals surface area contributed by atoms with E-state index in [4.69, 9.17) is 21.1 Å². The standard InChI is InChI=1S/C16H22ClNO3S/c1-3-20-7-8-21-11(2)16(19)18-14-6-9-22-15-5-4-12(17)10-13(14)15/h4-5,10-11,14H,3,6-9H2,1-2H3,(H,18,19)/t11-,14+/m1/s1. The van der Waals surface area contributed by atoms with Crippen LogP contribution in [0.15, 0.2) is 23.1 Å². The molecule has 0 bridgehead atoms. The van der Waals surface area contributed by atoms with Gasteiger partial charge in [0.25, 0.3) is 0 Å². The zero-order valence-corrected chi connectivity index (χ0v) is 14.5. The highest BCUT2D eigenvalue weighted by Crippen LogP contribution is 2.37. The molecular formula is C16H22ClNO3S. The Balaban J connectivity index is 1.91. The van der Waals surface area contributed by atoms with Crippen LogP contribution in [0, 0.1) is 0 Å². The molecule has 0 spiro atoms. The third-order valence-corrected chi connectivity index (χ3v) is 4.85. The minimum absolute atomic E-state index is 0.000363. The van der Waals surface area contributed by atoms with Crippen LogP contribution in [-0.4, -0.2) is 37.6 Å². The molecule has 0 saturated carbocycles. The number of nitrogens with one attached hydrogen (secondary N) is 1. The second kappa shape index (κ2) is 8.77. The predicted molar refractivity (Wildman–Crippen MR) is 89.6 cm³/mol.